The minimum absolute atomic E-state index is 0.0319. The molecule has 0 bridgehead atoms. The summed E-state index contributed by atoms with van der Waals surface area (Å²) in [5.41, 5.74) is 3.77. The van der Waals surface area contributed by atoms with Gasteiger partial charge in [0.2, 0.25) is 5.91 Å². The molecule has 160 valence electrons. The van der Waals surface area contributed by atoms with Crippen LogP contribution in [-0.4, -0.2) is 38.9 Å². The van der Waals surface area contributed by atoms with Gasteiger partial charge in [0.05, 0.1) is 22.0 Å². The number of carbonyl (C=O) groups excluding carboxylic acids is 1. The molecule has 2 aromatic rings. The highest BCUT2D eigenvalue weighted by Crippen LogP contribution is 2.40. The van der Waals surface area contributed by atoms with Crippen LogP contribution in [0.25, 0.3) is 10.9 Å². The van der Waals surface area contributed by atoms with Gasteiger partial charge in [-0.25, -0.2) is 0 Å². The van der Waals surface area contributed by atoms with Crippen molar-refractivity contribution in [3.05, 3.63) is 27.4 Å². The van der Waals surface area contributed by atoms with Gasteiger partial charge in [0.1, 0.15) is 0 Å². The van der Waals surface area contributed by atoms with Crippen molar-refractivity contribution in [1.29, 1.82) is 0 Å². The molecule has 1 aromatic carbocycles. The lowest BCUT2D eigenvalue weighted by atomic mass is 10.0. The van der Waals surface area contributed by atoms with E-state index in [0.717, 1.165) is 53.8 Å². The zero-order valence-electron chi connectivity index (χ0n) is 17.9. The summed E-state index contributed by atoms with van der Waals surface area (Å²) in [6.45, 7) is 13.4. The zero-order valence-corrected chi connectivity index (χ0v) is 20.4. The van der Waals surface area contributed by atoms with Gasteiger partial charge in [0.25, 0.3) is 0 Å². The predicted octanol–water partition coefficient (Wildman–Crippen LogP) is 5.51. The Balaban J connectivity index is 1.77. The van der Waals surface area contributed by atoms with Crippen molar-refractivity contribution in [3.8, 4) is 0 Å². The third kappa shape index (κ3) is 4.76. The highest BCUT2D eigenvalue weighted by atomic mass is 35.5. The maximum Gasteiger partial charge on any atom is 0.224 e. The third-order valence-electron chi connectivity index (χ3n) is 6.10. The van der Waals surface area contributed by atoms with E-state index in [0.29, 0.717) is 23.0 Å². The van der Waals surface area contributed by atoms with Crippen molar-refractivity contribution in [2.24, 2.45) is 0 Å². The molecule has 3 N–H and O–H groups in total. The number of fused-ring (bicyclic) bond motifs is 3. The number of halogens is 2. The van der Waals surface area contributed by atoms with E-state index in [1.54, 1.807) is 0 Å². The van der Waals surface area contributed by atoms with Crippen LogP contribution in [0.4, 0.5) is 5.69 Å². The Morgan fingerprint density at radius 3 is 2.69 bits per heavy atom. The van der Waals surface area contributed by atoms with E-state index in [-0.39, 0.29) is 10.9 Å². The number of rotatable bonds is 6. The van der Waals surface area contributed by atoms with Crippen molar-refractivity contribution in [2.45, 2.75) is 58.2 Å². The fourth-order valence-electron chi connectivity index (χ4n) is 3.37. The van der Waals surface area contributed by atoms with Crippen LogP contribution in [-0.2, 0) is 22.1 Å². The summed E-state index contributed by atoms with van der Waals surface area (Å²) >= 11 is 12.8. The molecule has 3 rings (SSSR count). The summed E-state index contributed by atoms with van der Waals surface area (Å²) in [6.07, 6.45) is 1.99. The van der Waals surface area contributed by atoms with Crippen LogP contribution in [0.5, 0.6) is 0 Å². The minimum Gasteiger partial charge on any atom is -0.417 e. The molecule has 2 heterocycles. The quantitative estimate of drug-likeness (QED) is 0.397. The van der Waals surface area contributed by atoms with Gasteiger partial charge < -0.3 is 20.0 Å². The maximum absolute atomic E-state index is 12.1. The number of hydrogen-bond donors (Lipinski definition) is 3. The number of benzene rings is 1. The average Bonchev–Trinajstić information content (AvgIpc) is 2.86. The molecular weight excluding hydrogens is 425 g/mol. The second-order valence-electron chi connectivity index (χ2n) is 9.22. The molecule has 0 fully saturated rings. The second-order valence-corrected chi connectivity index (χ2v) is 14.8. The molecule has 1 aliphatic rings. The molecule has 8 heteroatoms. The Morgan fingerprint density at radius 2 is 2.00 bits per heavy atom. The van der Waals surface area contributed by atoms with Gasteiger partial charge in [-0.3, -0.25) is 4.79 Å². The lowest BCUT2D eigenvalue weighted by molar-refractivity contribution is -0.120. The molecule has 29 heavy (non-hydrogen) atoms. The van der Waals surface area contributed by atoms with Gasteiger partial charge in [-0.05, 0) is 36.2 Å². The van der Waals surface area contributed by atoms with Gasteiger partial charge in [-0.15, -0.1) is 0 Å². The number of aromatic amines is 1. The predicted molar refractivity (Wildman–Crippen MR) is 125 cm³/mol. The number of aromatic nitrogens is 1. The fraction of sp³-hybridized carbons (Fsp3) is 0.571. The molecule has 0 saturated carbocycles. The highest BCUT2D eigenvalue weighted by Gasteiger charge is 2.36. The van der Waals surface area contributed by atoms with Crippen LogP contribution in [0.1, 0.15) is 38.4 Å². The van der Waals surface area contributed by atoms with Crippen LogP contribution in [0.2, 0.25) is 28.2 Å². The van der Waals surface area contributed by atoms with Crippen LogP contribution in [0.3, 0.4) is 0 Å². The number of amides is 1. The van der Waals surface area contributed by atoms with Crippen molar-refractivity contribution in [2.75, 3.05) is 25.0 Å². The maximum atomic E-state index is 12.1. The topological polar surface area (TPSA) is 66.1 Å². The zero-order chi connectivity index (χ0) is 21.4. The normalized spacial score (nSPS) is 15.2. The Morgan fingerprint density at radius 1 is 1.28 bits per heavy atom. The van der Waals surface area contributed by atoms with Crippen molar-refractivity contribution in [1.82, 2.24) is 10.3 Å². The summed E-state index contributed by atoms with van der Waals surface area (Å²) < 4.78 is 6.26. The first-order valence-corrected chi connectivity index (χ1v) is 13.8. The van der Waals surface area contributed by atoms with E-state index in [1.165, 1.54) is 0 Å². The Kier molecular flexibility index (Phi) is 6.58. The lowest BCUT2D eigenvalue weighted by Gasteiger charge is -2.36. The van der Waals surface area contributed by atoms with Gasteiger partial charge >= 0.3 is 0 Å². The molecule has 0 spiro atoms. The van der Waals surface area contributed by atoms with E-state index in [4.69, 9.17) is 27.6 Å². The number of nitrogens with one attached hydrogen (secondary N) is 3. The van der Waals surface area contributed by atoms with Crippen molar-refractivity contribution >= 4 is 54.0 Å². The minimum atomic E-state index is -1.73. The summed E-state index contributed by atoms with van der Waals surface area (Å²) in [7, 11) is -1.73. The van der Waals surface area contributed by atoms with E-state index >= 15 is 0 Å². The SMILES string of the molecule is CC(C)(C)[Si](C)(C)OCCCNc1cc(Cl)c(Cl)c2[nH]c3c(c12)CC(=O)NCC3. The Labute approximate surface area is 184 Å². The number of hydrogen-bond acceptors (Lipinski definition) is 3. The first-order chi connectivity index (χ1) is 13.5. The second kappa shape index (κ2) is 8.50. The summed E-state index contributed by atoms with van der Waals surface area (Å²) in [4.78, 5) is 15.5. The fourth-order valence-corrected chi connectivity index (χ4v) is 4.86. The first kappa shape index (κ1) is 22.5. The standard InChI is InChI=1S/C21H31Cl2N3O2Si/c1-21(2,3)29(4,5)28-10-6-8-24-16-12-14(22)19(23)20-18(16)13-11-17(27)25-9-7-15(13)26-20/h12,24,26H,6-11H2,1-5H3,(H,25,27). The van der Waals surface area contributed by atoms with E-state index < -0.39 is 8.32 Å². The van der Waals surface area contributed by atoms with Gasteiger partial charge in [-0.1, -0.05) is 44.0 Å². The monoisotopic (exact) mass is 455 g/mol. The van der Waals surface area contributed by atoms with Gasteiger partial charge in [0, 0.05) is 42.9 Å². The van der Waals surface area contributed by atoms with E-state index in [2.05, 4.69) is 49.5 Å². The third-order valence-corrected chi connectivity index (χ3v) is 11.4. The van der Waals surface area contributed by atoms with Crippen LogP contribution in [0, 0.1) is 0 Å². The smallest absolute Gasteiger partial charge is 0.224 e. The summed E-state index contributed by atoms with van der Waals surface area (Å²) in [5.74, 6) is 0.0319. The Bertz CT molecular complexity index is 919. The first-order valence-electron chi connectivity index (χ1n) is 10.2. The summed E-state index contributed by atoms with van der Waals surface area (Å²) in [6, 6.07) is 1.86. The molecule has 1 aliphatic heterocycles. The molecule has 0 aliphatic carbocycles. The molecule has 0 atom stereocenters. The molecule has 5 nitrogen and oxygen atoms in total. The molecule has 0 radical (unpaired) electrons. The van der Waals surface area contributed by atoms with Crippen LogP contribution in [0.15, 0.2) is 6.07 Å². The van der Waals surface area contributed by atoms with Crippen molar-refractivity contribution < 1.29 is 9.22 Å². The van der Waals surface area contributed by atoms with E-state index in [9.17, 15) is 4.79 Å². The number of carbonyl (C=O) groups is 1. The number of anilines is 1. The molecule has 1 amide bonds. The average molecular weight is 456 g/mol. The van der Waals surface area contributed by atoms with Gasteiger partial charge in [0.15, 0.2) is 8.32 Å². The molecular formula is C21H31Cl2N3O2Si. The summed E-state index contributed by atoms with van der Waals surface area (Å²) in [5, 5.41) is 8.59. The molecule has 0 unspecified atom stereocenters. The lowest BCUT2D eigenvalue weighted by Crippen LogP contribution is -2.41. The van der Waals surface area contributed by atoms with Crippen LogP contribution < -0.4 is 10.6 Å². The van der Waals surface area contributed by atoms with Crippen LogP contribution >= 0.6 is 23.2 Å². The molecule has 1 aromatic heterocycles. The highest BCUT2D eigenvalue weighted by molar-refractivity contribution is 6.74. The largest absolute Gasteiger partial charge is 0.417 e. The molecule has 0 saturated heterocycles. The van der Waals surface area contributed by atoms with Gasteiger partial charge in [-0.2, -0.15) is 0 Å². The van der Waals surface area contributed by atoms with Crippen molar-refractivity contribution in [3.63, 3.8) is 0 Å². The van der Waals surface area contributed by atoms with E-state index in [1.807, 2.05) is 6.07 Å². The number of H-pyrrole nitrogens is 1. The Hall–Kier alpha value is -1.21.